The first-order valence-electron chi connectivity index (χ1n) is 4.63. The fourth-order valence-corrected chi connectivity index (χ4v) is 2.43. The molecule has 14 heavy (non-hydrogen) atoms. The van der Waals surface area contributed by atoms with Crippen molar-refractivity contribution in [2.24, 2.45) is 0 Å². The van der Waals surface area contributed by atoms with Crippen molar-refractivity contribution < 1.29 is 9.53 Å². The molecule has 1 aliphatic carbocycles. The SMILES string of the molecule is COc1ccc(S[C@@H]2CCC2=O)cc1. The number of thioether (sulfide) groups is 1. The Hall–Kier alpha value is -0.960. The van der Waals surface area contributed by atoms with E-state index in [1.807, 2.05) is 24.3 Å². The van der Waals surface area contributed by atoms with Gasteiger partial charge in [-0.05, 0) is 30.7 Å². The summed E-state index contributed by atoms with van der Waals surface area (Å²) in [6, 6.07) is 7.83. The fraction of sp³-hybridized carbons (Fsp3) is 0.364. The van der Waals surface area contributed by atoms with E-state index >= 15 is 0 Å². The van der Waals surface area contributed by atoms with E-state index in [0.717, 1.165) is 23.5 Å². The van der Waals surface area contributed by atoms with Gasteiger partial charge in [-0.25, -0.2) is 0 Å². The maximum atomic E-state index is 11.1. The number of Topliss-reactive ketones (excluding diaryl/α,β-unsaturated/α-hetero) is 1. The van der Waals surface area contributed by atoms with Crippen molar-refractivity contribution >= 4 is 17.5 Å². The summed E-state index contributed by atoms with van der Waals surface area (Å²) >= 11 is 1.65. The topological polar surface area (TPSA) is 26.3 Å². The molecule has 1 aromatic rings. The molecule has 0 saturated heterocycles. The van der Waals surface area contributed by atoms with Crippen molar-refractivity contribution in [3.8, 4) is 5.75 Å². The Labute approximate surface area is 87.6 Å². The smallest absolute Gasteiger partial charge is 0.146 e. The van der Waals surface area contributed by atoms with Crippen molar-refractivity contribution in [3.63, 3.8) is 0 Å². The van der Waals surface area contributed by atoms with Crippen LogP contribution in [-0.2, 0) is 4.79 Å². The van der Waals surface area contributed by atoms with E-state index in [-0.39, 0.29) is 5.25 Å². The second kappa shape index (κ2) is 4.05. The normalized spacial score (nSPS) is 20.4. The zero-order chi connectivity index (χ0) is 9.97. The Kier molecular flexibility index (Phi) is 2.77. The second-order valence-electron chi connectivity index (χ2n) is 3.29. The standard InChI is InChI=1S/C11H12O2S/c1-13-8-2-4-9(5-3-8)14-11-7-6-10(11)12/h2-5,11H,6-7H2,1H3/t11-/m1/s1. The van der Waals surface area contributed by atoms with Crippen molar-refractivity contribution in [2.45, 2.75) is 23.0 Å². The molecular weight excluding hydrogens is 196 g/mol. The molecule has 1 saturated carbocycles. The van der Waals surface area contributed by atoms with E-state index in [9.17, 15) is 4.79 Å². The van der Waals surface area contributed by atoms with E-state index in [4.69, 9.17) is 4.74 Å². The number of carbonyl (C=O) groups is 1. The molecule has 0 unspecified atom stereocenters. The molecule has 2 rings (SSSR count). The minimum Gasteiger partial charge on any atom is -0.497 e. The number of ketones is 1. The number of benzene rings is 1. The summed E-state index contributed by atoms with van der Waals surface area (Å²) < 4.78 is 5.06. The van der Waals surface area contributed by atoms with E-state index in [1.54, 1.807) is 18.9 Å². The Morgan fingerprint density at radius 2 is 2.07 bits per heavy atom. The molecule has 0 aromatic heterocycles. The number of ether oxygens (including phenoxy) is 1. The van der Waals surface area contributed by atoms with Crippen molar-refractivity contribution in [2.75, 3.05) is 7.11 Å². The lowest BCUT2D eigenvalue weighted by Crippen LogP contribution is -2.27. The molecule has 0 spiro atoms. The minimum absolute atomic E-state index is 0.198. The van der Waals surface area contributed by atoms with Gasteiger partial charge in [-0.15, -0.1) is 11.8 Å². The van der Waals surface area contributed by atoms with Gasteiger partial charge in [-0.1, -0.05) is 0 Å². The van der Waals surface area contributed by atoms with Crippen LogP contribution in [0.3, 0.4) is 0 Å². The number of hydrogen-bond acceptors (Lipinski definition) is 3. The van der Waals surface area contributed by atoms with Crippen molar-refractivity contribution in [3.05, 3.63) is 24.3 Å². The summed E-state index contributed by atoms with van der Waals surface area (Å²) in [4.78, 5) is 12.3. The van der Waals surface area contributed by atoms with E-state index in [2.05, 4.69) is 0 Å². The molecule has 3 heteroatoms. The molecule has 1 aromatic carbocycles. The van der Waals surface area contributed by atoms with Gasteiger partial charge in [0, 0.05) is 11.3 Å². The van der Waals surface area contributed by atoms with Crippen molar-refractivity contribution in [1.82, 2.24) is 0 Å². The van der Waals surface area contributed by atoms with Crippen LogP contribution in [0, 0.1) is 0 Å². The highest BCUT2D eigenvalue weighted by Gasteiger charge is 2.28. The van der Waals surface area contributed by atoms with Gasteiger partial charge < -0.3 is 4.74 Å². The molecule has 1 aliphatic rings. The van der Waals surface area contributed by atoms with Gasteiger partial charge in [0.25, 0.3) is 0 Å². The molecule has 74 valence electrons. The fourth-order valence-electron chi connectivity index (χ4n) is 1.32. The Balaban J connectivity index is 1.99. The Morgan fingerprint density at radius 1 is 1.36 bits per heavy atom. The van der Waals surface area contributed by atoms with Gasteiger partial charge in [0.2, 0.25) is 0 Å². The largest absolute Gasteiger partial charge is 0.497 e. The third-order valence-corrected chi connectivity index (χ3v) is 3.68. The van der Waals surface area contributed by atoms with Crippen LogP contribution in [0.2, 0.25) is 0 Å². The molecule has 0 N–H and O–H groups in total. The maximum absolute atomic E-state index is 11.1. The average molecular weight is 208 g/mol. The number of carbonyl (C=O) groups excluding carboxylic acids is 1. The minimum atomic E-state index is 0.198. The Bertz CT molecular complexity index is 332. The summed E-state index contributed by atoms with van der Waals surface area (Å²) in [6.45, 7) is 0. The zero-order valence-electron chi connectivity index (χ0n) is 8.03. The van der Waals surface area contributed by atoms with Gasteiger partial charge in [0.15, 0.2) is 0 Å². The molecule has 0 radical (unpaired) electrons. The van der Waals surface area contributed by atoms with E-state index in [1.165, 1.54) is 0 Å². The first-order valence-corrected chi connectivity index (χ1v) is 5.51. The highest BCUT2D eigenvalue weighted by Crippen LogP contribution is 2.34. The van der Waals surface area contributed by atoms with Crippen LogP contribution in [0.25, 0.3) is 0 Å². The monoisotopic (exact) mass is 208 g/mol. The number of methoxy groups -OCH3 is 1. The second-order valence-corrected chi connectivity index (χ2v) is 4.56. The molecule has 0 bridgehead atoms. The van der Waals surface area contributed by atoms with Crippen LogP contribution in [-0.4, -0.2) is 18.1 Å². The van der Waals surface area contributed by atoms with Gasteiger partial charge >= 0.3 is 0 Å². The van der Waals surface area contributed by atoms with Crippen LogP contribution in [0.1, 0.15) is 12.8 Å². The lowest BCUT2D eigenvalue weighted by atomic mass is 9.98. The summed E-state index contributed by atoms with van der Waals surface area (Å²) in [7, 11) is 1.65. The van der Waals surface area contributed by atoms with Gasteiger partial charge in [-0.2, -0.15) is 0 Å². The number of rotatable bonds is 3. The van der Waals surface area contributed by atoms with Gasteiger partial charge in [0.05, 0.1) is 12.4 Å². The van der Waals surface area contributed by atoms with Crippen LogP contribution in [0.15, 0.2) is 29.2 Å². The summed E-state index contributed by atoms with van der Waals surface area (Å²) in [6.07, 6.45) is 1.78. The van der Waals surface area contributed by atoms with Gasteiger partial charge in [-0.3, -0.25) is 4.79 Å². The molecule has 0 heterocycles. The van der Waals surface area contributed by atoms with Crippen molar-refractivity contribution in [1.29, 1.82) is 0 Å². The van der Waals surface area contributed by atoms with Crippen LogP contribution in [0.4, 0.5) is 0 Å². The molecule has 0 amide bonds. The molecular formula is C11H12O2S. The third kappa shape index (κ3) is 1.93. The summed E-state index contributed by atoms with van der Waals surface area (Å²) in [5.41, 5.74) is 0. The highest BCUT2D eigenvalue weighted by atomic mass is 32.2. The van der Waals surface area contributed by atoms with E-state index in [0.29, 0.717) is 5.78 Å². The van der Waals surface area contributed by atoms with Gasteiger partial charge in [0.1, 0.15) is 11.5 Å². The predicted octanol–water partition coefficient (Wildman–Crippen LogP) is 2.52. The predicted molar refractivity (Wildman–Crippen MR) is 56.9 cm³/mol. The first-order chi connectivity index (χ1) is 6.79. The quantitative estimate of drug-likeness (QED) is 0.763. The number of hydrogen-bond donors (Lipinski definition) is 0. The average Bonchev–Trinajstić information content (AvgIpc) is 2.24. The third-order valence-electron chi connectivity index (χ3n) is 2.35. The lowest BCUT2D eigenvalue weighted by molar-refractivity contribution is -0.122. The lowest BCUT2D eigenvalue weighted by Gasteiger charge is -2.22. The van der Waals surface area contributed by atoms with Crippen LogP contribution >= 0.6 is 11.8 Å². The Morgan fingerprint density at radius 3 is 2.50 bits per heavy atom. The molecule has 1 atom stereocenters. The zero-order valence-corrected chi connectivity index (χ0v) is 8.84. The molecule has 1 fully saturated rings. The summed E-state index contributed by atoms with van der Waals surface area (Å²) in [5.74, 6) is 1.24. The van der Waals surface area contributed by atoms with Crippen LogP contribution < -0.4 is 4.74 Å². The summed E-state index contributed by atoms with van der Waals surface area (Å²) in [5, 5.41) is 0.198. The van der Waals surface area contributed by atoms with Crippen LogP contribution in [0.5, 0.6) is 5.75 Å². The highest BCUT2D eigenvalue weighted by molar-refractivity contribution is 8.00. The molecule has 2 nitrogen and oxygen atoms in total. The maximum Gasteiger partial charge on any atom is 0.146 e. The van der Waals surface area contributed by atoms with E-state index < -0.39 is 0 Å². The molecule has 0 aliphatic heterocycles. The first kappa shape index (κ1) is 9.59.